The van der Waals surface area contributed by atoms with E-state index >= 15 is 0 Å². The zero-order valence-corrected chi connectivity index (χ0v) is 12.9. The van der Waals surface area contributed by atoms with Crippen molar-refractivity contribution in [3.63, 3.8) is 0 Å². The summed E-state index contributed by atoms with van der Waals surface area (Å²) >= 11 is 0. The lowest BCUT2D eigenvalue weighted by molar-refractivity contribution is -0.156. The standard InChI is InChI=1S/C15H23NO3.ClH/c1-3-9-19-14(15(17)18-4-2)10-12-5-7-13(11-16)8-6-12;/h5-8,14H,3-4,9-11,16H2,1-2H3;1H. The molecule has 1 unspecified atom stereocenters. The fourth-order valence-electron chi connectivity index (χ4n) is 1.73. The molecular weight excluding hydrogens is 278 g/mol. The number of ether oxygens (including phenoxy) is 2. The zero-order chi connectivity index (χ0) is 14.1. The molecule has 1 rings (SSSR count). The minimum Gasteiger partial charge on any atom is -0.464 e. The van der Waals surface area contributed by atoms with Gasteiger partial charge in [-0.05, 0) is 24.5 Å². The Morgan fingerprint density at radius 1 is 1.20 bits per heavy atom. The summed E-state index contributed by atoms with van der Waals surface area (Å²) in [5.41, 5.74) is 7.68. The number of carbonyl (C=O) groups excluding carboxylic acids is 1. The number of benzene rings is 1. The van der Waals surface area contributed by atoms with Crippen molar-refractivity contribution in [3.8, 4) is 0 Å². The average molecular weight is 302 g/mol. The highest BCUT2D eigenvalue weighted by atomic mass is 35.5. The van der Waals surface area contributed by atoms with Crippen LogP contribution < -0.4 is 5.73 Å². The van der Waals surface area contributed by atoms with E-state index < -0.39 is 6.10 Å². The van der Waals surface area contributed by atoms with Crippen molar-refractivity contribution in [2.75, 3.05) is 13.2 Å². The van der Waals surface area contributed by atoms with Crippen LogP contribution in [0, 0.1) is 0 Å². The van der Waals surface area contributed by atoms with E-state index in [9.17, 15) is 4.79 Å². The Balaban J connectivity index is 0.00000361. The van der Waals surface area contributed by atoms with Crippen LogP contribution in [0.25, 0.3) is 0 Å². The summed E-state index contributed by atoms with van der Waals surface area (Å²) in [5, 5.41) is 0. The molecule has 0 bridgehead atoms. The van der Waals surface area contributed by atoms with Gasteiger partial charge >= 0.3 is 5.97 Å². The fraction of sp³-hybridized carbons (Fsp3) is 0.533. The molecule has 0 spiro atoms. The first-order valence-corrected chi connectivity index (χ1v) is 6.77. The quantitative estimate of drug-likeness (QED) is 0.749. The molecule has 5 heteroatoms. The first kappa shape index (κ1) is 18.9. The normalized spacial score (nSPS) is 11.6. The highest BCUT2D eigenvalue weighted by molar-refractivity contribution is 5.85. The highest BCUT2D eigenvalue weighted by Crippen LogP contribution is 2.10. The Morgan fingerprint density at radius 2 is 1.80 bits per heavy atom. The van der Waals surface area contributed by atoms with Gasteiger partial charge in [-0.3, -0.25) is 0 Å². The van der Waals surface area contributed by atoms with Gasteiger partial charge in [-0.2, -0.15) is 0 Å². The van der Waals surface area contributed by atoms with Gasteiger partial charge in [0.2, 0.25) is 0 Å². The van der Waals surface area contributed by atoms with Crippen LogP contribution >= 0.6 is 12.4 Å². The molecule has 0 saturated carbocycles. The van der Waals surface area contributed by atoms with E-state index in [4.69, 9.17) is 15.2 Å². The Bertz CT molecular complexity index is 381. The summed E-state index contributed by atoms with van der Waals surface area (Å²) in [6.45, 7) is 5.26. The second-order valence-electron chi connectivity index (χ2n) is 4.34. The number of hydrogen-bond acceptors (Lipinski definition) is 4. The molecular formula is C15H24ClNO3. The Hall–Kier alpha value is -1.10. The number of hydrogen-bond donors (Lipinski definition) is 1. The maximum absolute atomic E-state index is 11.8. The molecule has 1 aromatic carbocycles. The summed E-state index contributed by atoms with van der Waals surface area (Å²) in [4.78, 5) is 11.8. The van der Waals surface area contributed by atoms with Crippen LogP contribution in [0.4, 0.5) is 0 Å². The second-order valence-corrected chi connectivity index (χ2v) is 4.34. The Morgan fingerprint density at radius 3 is 2.30 bits per heavy atom. The third kappa shape index (κ3) is 6.37. The molecule has 0 amide bonds. The number of carbonyl (C=O) groups is 1. The van der Waals surface area contributed by atoms with Crippen LogP contribution in [0.3, 0.4) is 0 Å². The number of esters is 1. The average Bonchev–Trinajstić information content (AvgIpc) is 2.44. The number of halogens is 1. The third-order valence-electron chi connectivity index (χ3n) is 2.75. The van der Waals surface area contributed by atoms with Crippen LogP contribution in [0.2, 0.25) is 0 Å². The number of rotatable bonds is 8. The maximum Gasteiger partial charge on any atom is 0.335 e. The molecule has 1 atom stereocenters. The molecule has 1 aromatic rings. The van der Waals surface area contributed by atoms with Crippen molar-refractivity contribution < 1.29 is 14.3 Å². The lowest BCUT2D eigenvalue weighted by Gasteiger charge is -2.16. The van der Waals surface area contributed by atoms with E-state index in [0.717, 1.165) is 17.5 Å². The Kier molecular flexibility index (Phi) is 10.1. The predicted octanol–water partition coefficient (Wildman–Crippen LogP) is 2.47. The maximum atomic E-state index is 11.8. The summed E-state index contributed by atoms with van der Waals surface area (Å²) < 4.78 is 10.6. The molecule has 0 aliphatic rings. The molecule has 0 saturated heterocycles. The van der Waals surface area contributed by atoms with Crippen molar-refractivity contribution in [1.82, 2.24) is 0 Å². The van der Waals surface area contributed by atoms with E-state index in [1.54, 1.807) is 6.92 Å². The molecule has 0 aliphatic heterocycles. The fourth-order valence-corrected chi connectivity index (χ4v) is 1.73. The van der Waals surface area contributed by atoms with Crippen LogP contribution in [0.15, 0.2) is 24.3 Å². The molecule has 2 N–H and O–H groups in total. The third-order valence-corrected chi connectivity index (χ3v) is 2.75. The SMILES string of the molecule is CCCOC(Cc1ccc(CN)cc1)C(=O)OCC.Cl. The summed E-state index contributed by atoms with van der Waals surface area (Å²) in [6, 6.07) is 7.89. The van der Waals surface area contributed by atoms with Gasteiger partial charge in [-0.1, -0.05) is 31.2 Å². The first-order valence-electron chi connectivity index (χ1n) is 6.77. The smallest absolute Gasteiger partial charge is 0.335 e. The summed E-state index contributed by atoms with van der Waals surface area (Å²) in [6.07, 6.45) is 0.884. The van der Waals surface area contributed by atoms with Gasteiger partial charge < -0.3 is 15.2 Å². The van der Waals surface area contributed by atoms with Gasteiger partial charge in [0.05, 0.1) is 6.61 Å². The van der Waals surface area contributed by atoms with Gasteiger partial charge in [0, 0.05) is 19.6 Å². The minimum atomic E-state index is -0.524. The molecule has 4 nitrogen and oxygen atoms in total. The van der Waals surface area contributed by atoms with Crippen LogP contribution in [-0.2, 0) is 27.2 Å². The van der Waals surface area contributed by atoms with Crippen molar-refractivity contribution in [2.24, 2.45) is 5.73 Å². The minimum absolute atomic E-state index is 0. The van der Waals surface area contributed by atoms with Crippen molar-refractivity contribution in [1.29, 1.82) is 0 Å². The lowest BCUT2D eigenvalue weighted by atomic mass is 10.1. The molecule has 20 heavy (non-hydrogen) atoms. The topological polar surface area (TPSA) is 61.5 Å². The van der Waals surface area contributed by atoms with Gasteiger partial charge in [0.15, 0.2) is 6.10 Å². The molecule has 114 valence electrons. The zero-order valence-electron chi connectivity index (χ0n) is 12.1. The van der Waals surface area contributed by atoms with Crippen molar-refractivity contribution >= 4 is 18.4 Å². The number of nitrogens with two attached hydrogens (primary N) is 1. The van der Waals surface area contributed by atoms with Gasteiger partial charge in [-0.15, -0.1) is 12.4 Å². The van der Waals surface area contributed by atoms with E-state index in [1.165, 1.54) is 0 Å². The van der Waals surface area contributed by atoms with Crippen LogP contribution in [0.5, 0.6) is 0 Å². The van der Waals surface area contributed by atoms with Gasteiger partial charge in [0.25, 0.3) is 0 Å². The highest BCUT2D eigenvalue weighted by Gasteiger charge is 2.20. The van der Waals surface area contributed by atoms with Gasteiger partial charge in [-0.25, -0.2) is 4.79 Å². The molecule has 0 fully saturated rings. The molecule has 0 aliphatic carbocycles. The van der Waals surface area contributed by atoms with Crippen molar-refractivity contribution in [3.05, 3.63) is 35.4 Å². The predicted molar refractivity (Wildman–Crippen MR) is 81.9 cm³/mol. The summed E-state index contributed by atoms with van der Waals surface area (Å²) in [7, 11) is 0. The molecule has 0 radical (unpaired) electrons. The monoisotopic (exact) mass is 301 g/mol. The summed E-state index contributed by atoms with van der Waals surface area (Å²) in [5.74, 6) is -0.293. The van der Waals surface area contributed by atoms with Gasteiger partial charge in [0.1, 0.15) is 0 Å². The Labute approximate surface area is 127 Å². The van der Waals surface area contributed by atoms with E-state index in [-0.39, 0.29) is 18.4 Å². The lowest BCUT2D eigenvalue weighted by Crippen LogP contribution is -2.29. The second kappa shape index (κ2) is 10.7. The first-order chi connectivity index (χ1) is 9.21. The van der Waals surface area contributed by atoms with E-state index in [1.807, 2.05) is 31.2 Å². The largest absolute Gasteiger partial charge is 0.464 e. The van der Waals surface area contributed by atoms with Crippen LogP contribution in [0.1, 0.15) is 31.4 Å². The molecule has 0 heterocycles. The van der Waals surface area contributed by atoms with Crippen molar-refractivity contribution in [2.45, 2.75) is 39.3 Å². The van der Waals surface area contributed by atoms with Crippen LogP contribution in [-0.4, -0.2) is 25.3 Å². The van der Waals surface area contributed by atoms with E-state index in [2.05, 4.69) is 0 Å². The molecule has 0 aromatic heterocycles. The van der Waals surface area contributed by atoms with E-state index in [0.29, 0.717) is 26.2 Å².